The molecule has 0 saturated heterocycles. The summed E-state index contributed by atoms with van der Waals surface area (Å²) in [6, 6.07) is 0. The minimum absolute atomic E-state index is 1.00. The van der Waals surface area contributed by atoms with E-state index in [9.17, 15) is 0 Å². The van der Waals surface area contributed by atoms with Crippen LogP contribution in [0, 0.1) is 0 Å². The van der Waals surface area contributed by atoms with Gasteiger partial charge >= 0.3 is 0 Å². The quantitative estimate of drug-likeness (QED) is 0.135. The summed E-state index contributed by atoms with van der Waals surface area (Å²) in [6.45, 7) is 22.1. The summed E-state index contributed by atoms with van der Waals surface area (Å²) in [6.07, 6.45) is 16.4. The minimum Gasteiger partial charge on any atom is -0.759 e. The van der Waals surface area contributed by atoms with Crippen LogP contribution in [0.25, 0.3) is 0 Å². The summed E-state index contributed by atoms with van der Waals surface area (Å²) >= 11 is 0. The van der Waals surface area contributed by atoms with Crippen molar-refractivity contribution in [2.24, 2.45) is 0 Å². The van der Waals surface area contributed by atoms with Crippen molar-refractivity contribution in [2.75, 3.05) is 60.5 Å². The highest BCUT2D eigenvalue weighted by Gasteiger charge is 2.19. The topological polar surface area (TPSA) is 100 Å². The van der Waals surface area contributed by atoms with E-state index in [1.54, 1.807) is 0 Å². The van der Waals surface area contributed by atoms with Gasteiger partial charge in [-0.25, -0.2) is 0 Å². The third-order valence-corrected chi connectivity index (χ3v) is 6.31. The fourth-order valence-corrected chi connectivity index (χ4v) is 3.91. The Morgan fingerprint density at radius 1 is 0.486 bits per heavy atom. The summed E-state index contributed by atoms with van der Waals surface area (Å²) in [7, 11) is 0.724. The molecule has 35 heavy (non-hydrogen) atoms. The van der Waals surface area contributed by atoms with Crippen LogP contribution in [-0.2, 0) is 10.4 Å². The van der Waals surface area contributed by atoms with Gasteiger partial charge in [0.15, 0.2) is 0 Å². The van der Waals surface area contributed by atoms with Crippen LogP contribution in [0.4, 0.5) is 0 Å². The first kappa shape index (κ1) is 41.9. The van der Waals surface area contributed by atoms with Crippen molar-refractivity contribution in [3.63, 3.8) is 0 Å². The molecular weight excluding hydrogens is 464 g/mol. The third kappa shape index (κ3) is 38.4. The monoisotopic (exact) mass is 528 g/mol. The summed E-state index contributed by atoms with van der Waals surface area (Å²) in [5.74, 6) is 0. The maximum atomic E-state index is 8.52. The van der Waals surface area contributed by atoms with Gasteiger partial charge in [-0.05, 0) is 38.5 Å². The zero-order valence-corrected chi connectivity index (χ0v) is 25.9. The van der Waals surface area contributed by atoms with Crippen molar-refractivity contribution in [3.8, 4) is 0 Å². The summed E-state index contributed by atoms with van der Waals surface area (Å²) in [5, 5.41) is 7.00. The van der Waals surface area contributed by atoms with Crippen molar-refractivity contribution in [2.45, 2.75) is 119 Å². The lowest BCUT2D eigenvalue weighted by Crippen LogP contribution is -2.46. The molecule has 0 fully saturated rings. The lowest BCUT2D eigenvalue weighted by molar-refractivity contribution is -0.910. The second-order valence-corrected chi connectivity index (χ2v) is 10.9. The number of quaternary nitrogens is 2. The Labute approximate surface area is 221 Å². The second-order valence-electron chi connectivity index (χ2n) is 10.1. The highest BCUT2D eigenvalue weighted by atomic mass is 32.3. The molecule has 0 heterocycles. The molecule has 0 saturated carbocycles. The van der Waals surface area contributed by atoms with Gasteiger partial charge in [0.05, 0.1) is 53.4 Å². The molecule has 0 aromatic heterocycles. The van der Waals surface area contributed by atoms with Crippen LogP contribution in [0.1, 0.15) is 119 Å². The second kappa shape index (κ2) is 28.3. The van der Waals surface area contributed by atoms with Gasteiger partial charge in [0.1, 0.15) is 0 Å². The largest absolute Gasteiger partial charge is 0.759 e. The number of nitrogens with zero attached hydrogens (tertiary/aromatic N) is 2. The zero-order chi connectivity index (χ0) is 28.2. The molecule has 7 nitrogen and oxygen atoms in total. The molecule has 0 aliphatic rings. The first-order valence-corrected chi connectivity index (χ1v) is 15.5. The Morgan fingerprint density at radius 2 is 0.600 bits per heavy atom. The average molecular weight is 529 g/mol. The number of aliphatic hydroxyl groups excluding tert-OH is 1. The fraction of sp³-hybridized carbons (Fsp3) is 1.00. The van der Waals surface area contributed by atoms with Crippen LogP contribution >= 0.6 is 0 Å². The Bertz CT molecular complexity index is 420. The van der Waals surface area contributed by atoms with Crippen molar-refractivity contribution in [3.05, 3.63) is 0 Å². The van der Waals surface area contributed by atoms with Crippen molar-refractivity contribution >= 4 is 10.4 Å². The van der Waals surface area contributed by atoms with E-state index in [0.717, 1.165) is 7.11 Å². The number of hydrogen-bond donors (Lipinski definition) is 1. The third-order valence-electron chi connectivity index (χ3n) is 6.31. The van der Waals surface area contributed by atoms with Crippen LogP contribution in [0.2, 0.25) is 0 Å². The summed E-state index contributed by atoms with van der Waals surface area (Å²) in [5.41, 5.74) is 0. The van der Waals surface area contributed by atoms with Gasteiger partial charge in [0.2, 0.25) is 0 Å². The van der Waals surface area contributed by atoms with Crippen LogP contribution < -0.4 is 0 Å². The predicted octanol–water partition coefficient (Wildman–Crippen LogP) is 5.94. The molecule has 218 valence electrons. The van der Waals surface area contributed by atoms with Crippen molar-refractivity contribution in [1.82, 2.24) is 0 Å². The molecule has 0 spiro atoms. The number of aliphatic hydroxyl groups is 1. The van der Waals surface area contributed by atoms with E-state index in [1.807, 2.05) is 0 Å². The molecule has 1 N–H and O–H groups in total. The van der Waals surface area contributed by atoms with Gasteiger partial charge in [-0.2, -0.15) is 0 Å². The Kier molecular flexibility index (Phi) is 33.9. The van der Waals surface area contributed by atoms with E-state index in [0.29, 0.717) is 0 Å². The Hall–Kier alpha value is -0.250. The maximum Gasteiger partial charge on any atom is 0.0784 e. The maximum absolute atomic E-state index is 8.52. The summed E-state index contributed by atoms with van der Waals surface area (Å²) < 4.78 is 36.7. The van der Waals surface area contributed by atoms with Gasteiger partial charge in [0, 0.05) is 17.5 Å². The predicted molar refractivity (Wildman–Crippen MR) is 150 cm³/mol. The first-order chi connectivity index (χ1) is 16.4. The van der Waals surface area contributed by atoms with E-state index in [1.165, 1.54) is 125 Å². The molecule has 8 heteroatoms. The fourth-order valence-electron chi connectivity index (χ4n) is 3.91. The van der Waals surface area contributed by atoms with Gasteiger partial charge in [-0.15, -0.1) is 0 Å². The standard InChI is InChI=1S/2C13H30N.CH4O.H2O4S/c2*1-5-8-11-14(4,12-9-6-2)13-10-7-3;1-2;1-5(2,3)4/h2*5-13H2,1-4H3;2H,1H3;(H2,1,2,3,4)/q2*+1;;/p-2. The molecule has 0 atom stereocenters. The average Bonchev–Trinajstić information content (AvgIpc) is 2.82. The minimum atomic E-state index is -5.17. The van der Waals surface area contributed by atoms with Crippen molar-refractivity contribution in [1.29, 1.82) is 0 Å². The number of rotatable bonds is 18. The van der Waals surface area contributed by atoms with Gasteiger partial charge in [-0.1, -0.05) is 80.1 Å². The molecule has 0 bridgehead atoms. The van der Waals surface area contributed by atoms with E-state index >= 15 is 0 Å². The molecule has 0 amide bonds. The first-order valence-electron chi connectivity index (χ1n) is 14.1. The molecule has 0 rings (SSSR count). The van der Waals surface area contributed by atoms with Crippen molar-refractivity contribution < 1.29 is 31.6 Å². The van der Waals surface area contributed by atoms with Gasteiger partial charge in [-0.3, -0.25) is 8.42 Å². The van der Waals surface area contributed by atoms with Gasteiger partial charge in [0.25, 0.3) is 0 Å². The SMILES string of the molecule is CCCC[N+](C)(CCCC)CCCC.CCCC[N+](C)(CCCC)CCCC.CO.O=S(=O)([O-])[O-]. The molecule has 0 radical (unpaired) electrons. The molecule has 0 unspecified atom stereocenters. The number of hydrogen-bond acceptors (Lipinski definition) is 5. The highest BCUT2D eigenvalue weighted by Crippen LogP contribution is 2.11. The molecule has 0 aliphatic heterocycles. The van der Waals surface area contributed by atoms with Crippen LogP contribution in [0.5, 0.6) is 0 Å². The summed E-state index contributed by atoms with van der Waals surface area (Å²) in [4.78, 5) is 0. The molecule has 0 aliphatic carbocycles. The van der Waals surface area contributed by atoms with E-state index in [2.05, 4.69) is 55.6 Å². The Balaban J connectivity index is -0.000000217. The lowest BCUT2D eigenvalue weighted by atomic mass is 10.2. The smallest absolute Gasteiger partial charge is 0.0784 e. The van der Waals surface area contributed by atoms with E-state index < -0.39 is 10.4 Å². The van der Waals surface area contributed by atoms with Crippen LogP contribution in [-0.4, -0.2) is 92.1 Å². The van der Waals surface area contributed by atoms with Gasteiger partial charge < -0.3 is 23.2 Å². The van der Waals surface area contributed by atoms with E-state index in [4.69, 9.17) is 22.6 Å². The molecular formula is C27H64N2O5S. The molecule has 0 aromatic carbocycles. The zero-order valence-electron chi connectivity index (χ0n) is 25.1. The molecule has 0 aromatic rings. The Morgan fingerprint density at radius 3 is 0.686 bits per heavy atom. The number of unbranched alkanes of at least 4 members (excludes halogenated alkanes) is 6. The normalized spacial score (nSPS) is 11.4. The van der Waals surface area contributed by atoms with Crippen LogP contribution in [0.15, 0.2) is 0 Å². The lowest BCUT2D eigenvalue weighted by Gasteiger charge is -2.34. The van der Waals surface area contributed by atoms with E-state index in [-0.39, 0.29) is 0 Å². The van der Waals surface area contributed by atoms with Crippen LogP contribution in [0.3, 0.4) is 0 Å². The highest BCUT2D eigenvalue weighted by molar-refractivity contribution is 7.79.